The van der Waals surface area contributed by atoms with Crippen LogP contribution in [0.2, 0.25) is 0 Å². The summed E-state index contributed by atoms with van der Waals surface area (Å²) in [7, 11) is 0. The zero-order valence-electron chi connectivity index (χ0n) is 21.3. The zero-order chi connectivity index (χ0) is 23.9. The molecule has 3 fully saturated rings. The molecule has 0 aliphatic carbocycles. The van der Waals surface area contributed by atoms with Crippen LogP contribution in [-0.2, 0) is 19.0 Å². The molecule has 0 saturated carbocycles. The number of piperidine rings is 1. The summed E-state index contributed by atoms with van der Waals surface area (Å²) < 4.78 is 23.8. The highest BCUT2D eigenvalue weighted by atomic mass is 16.7. The van der Waals surface area contributed by atoms with Crippen LogP contribution in [0.3, 0.4) is 0 Å². The van der Waals surface area contributed by atoms with Crippen molar-refractivity contribution in [2.45, 2.75) is 96.3 Å². The molecule has 1 radical (unpaired) electrons. The number of epoxide rings is 1. The van der Waals surface area contributed by atoms with Gasteiger partial charge in [-0.1, -0.05) is 32.9 Å². The minimum absolute atomic E-state index is 0.0899. The number of hydrogen-bond acceptors (Lipinski definition) is 6. The molecular weight excluding hydrogens is 418 g/mol. The van der Waals surface area contributed by atoms with Crippen molar-refractivity contribution in [2.24, 2.45) is 5.41 Å². The van der Waals surface area contributed by atoms with Gasteiger partial charge in [-0.05, 0) is 58.2 Å². The van der Waals surface area contributed by atoms with Gasteiger partial charge in [0.15, 0.2) is 5.79 Å². The van der Waals surface area contributed by atoms with E-state index in [-0.39, 0.29) is 28.7 Å². The fourth-order valence-corrected chi connectivity index (χ4v) is 5.36. The summed E-state index contributed by atoms with van der Waals surface area (Å²) in [6.45, 7) is 20.1. The predicted molar refractivity (Wildman–Crippen MR) is 128 cm³/mol. The van der Waals surface area contributed by atoms with E-state index in [0.29, 0.717) is 19.8 Å². The summed E-state index contributed by atoms with van der Waals surface area (Å²) in [6, 6.07) is 8.21. The molecular formula is C27H42NO5. The number of nitrogens with zero attached hydrogens (tertiary/aromatic N) is 1. The fourth-order valence-electron chi connectivity index (χ4n) is 5.36. The molecule has 1 spiro atoms. The average Bonchev–Trinajstić information content (AvgIpc) is 3.61. The zero-order valence-corrected chi connectivity index (χ0v) is 21.3. The quantitative estimate of drug-likeness (QED) is 0.479. The Morgan fingerprint density at radius 1 is 1.06 bits per heavy atom. The Balaban J connectivity index is 1.49. The Morgan fingerprint density at radius 3 is 2.21 bits per heavy atom. The second-order valence-corrected chi connectivity index (χ2v) is 11.3. The molecule has 33 heavy (non-hydrogen) atoms. The van der Waals surface area contributed by atoms with Crippen LogP contribution >= 0.6 is 0 Å². The largest absolute Gasteiger partial charge is 0.491 e. The van der Waals surface area contributed by atoms with E-state index in [1.54, 1.807) is 0 Å². The molecule has 3 saturated heterocycles. The Kier molecular flexibility index (Phi) is 6.89. The van der Waals surface area contributed by atoms with Crippen molar-refractivity contribution >= 4 is 0 Å². The molecule has 3 heterocycles. The molecule has 3 aliphatic rings. The Labute approximate surface area is 199 Å². The first-order valence-electron chi connectivity index (χ1n) is 12.5. The first kappa shape index (κ1) is 24.9. The number of hydrogen-bond donors (Lipinski definition) is 0. The lowest BCUT2D eigenvalue weighted by molar-refractivity contribution is -0.392. The van der Waals surface area contributed by atoms with Crippen LogP contribution in [0.15, 0.2) is 24.3 Å². The van der Waals surface area contributed by atoms with Crippen LogP contribution in [-0.4, -0.2) is 54.5 Å². The van der Waals surface area contributed by atoms with E-state index >= 15 is 0 Å². The van der Waals surface area contributed by atoms with E-state index in [9.17, 15) is 0 Å². The van der Waals surface area contributed by atoms with Crippen LogP contribution in [0.5, 0.6) is 5.75 Å². The first-order chi connectivity index (χ1) is 15.5. The van der Waals surface area contributed by atoms with Gasteiger partial charge < -0.3 is 18.9 Å². The summed E-state index contributed by atoms with van der Waals surface area (Å²) in [4.78, 5) is 6.76. The van der Waals surface area contributed by atoms with E-state index < -0.39 is 5.79 Å². The molecule has 185 valence electrons. The number of hydroxylamine groups is 2. The monoisotopic (exact) mass is 460 g/mol. The van der Waals surface area contributed by atoms with Crippen molar-refractivity contribution in [3.05, 3.63) is 36.8 Å². The topological polar surface area (TPSA) is 52.7 Å². The Hall–Kier alpha value is -1.18. The predicted octanol–water partition coefficient (Wildman–Crippen LogP) is 5.47. The summed E-state index contributed by atoms with van der Waals surface area (Å²) >= 11 is 0. The number of rotatable bonds is 8. The lowest BCUT2D eigenvalue weighted by Crippen LogP contribution is -2.69. The van der Waals surface area contributed by atoms with Gasteiger partial charge in [0.1, 0.15) is 24.6 Å². The van der Waals surface area contributed by atoms with E-state index in [0.717, 1.165) is 43.6 Å². The maximum Gasteiger partial charge on any atom is 0.172 e. The molecule has 1 aromatic rings. The molecule has 0 amide bonds. The van der Waals surface area contributed by atoms with Crippen molar-refractivity contribution in [3.8, 4) is 5.75 Å². The maximum absolute atomic E-state index is 6.76. The van der Waals surface area contributed by atoms with Crippen molar-refractivity contribution < 1.29 is 23.8 Å². The minimum atomic E-state index is -0.583. The van der Waals surface area contributed by atoms with Gasteiger partial charge in [0.05, 0.1) is 25.4 Å². The van der Waals surface area contributed by atoms with Crippen LogP contribution in [0.25, 0.3) is 0 Å². The highest BCUT2D eigenvalue weighted by Crippen LogP contribution is 2.51. The molecule has 1 aromatic carbocycles. The maximum atomic E-state index is 6.76. The molecule has 6 heteroatoms. The van der Waals surface area contributed by atoms with Gasteiger partial charge >= 0.3 is 0 Å². The van der Waals surface area contributed by atoms with Crippen LogP contribution in [0, 0.1) is 12.3 Å². The first-order valence-corrected chi connectivity index (χ1v) is 12.5. The Bertz CT molecular complexity index is 787. The molecule has 2 unspecified atom stereocenters. The van der Waals surface area contributed by atoms with Gasteiger partial charge in [-0.15, -0.1) is 0 Å². The van der Waals surface area contributed by atoms with E-state index in [2.05, 4.69) is 65.7 Å². The van der Waals surface area contributed by atoms with Crippen LogP contribution < -0.4 is 4.74 Å². The van der Waals surface area contributed by atoms with Crippen molar-refractivity contribution in [1.82, 2.24) is 5.06 Å². The van der Waals surface area contributed by atoms with Gasteiger partial charge in [0.2, 0.25) is 0 Å². The number of benzene rings is 1. The summed E-state index contributed by atoms with van der Waals surface area (Å²) in [5, 5.41) is 2.26. The third-order valence-electron chi connectivity index (χ3n) is 7.42. The molecule has 3 aliphatic heterocycles. The van der Waals surface area contributed by atoms with Crippen molar-refractivity contribution in [1.29, 1.82) is 0 Å². The summed E-state index contributed by atoms with van der Waals surface area (Å²) in [5.41, 5.74) is 0.485. The third kappa shape index (κ3) is 5.40. The second kappa shape index (κ2) is 9.12. The van der Waals surface area contributed by atoms with E-state index in [1.807, 2.05) is 12.1 Å². The highest BCUT2D eigenvalue weighted by Gasteiger charge is 2.59. The molecule has 0 bridgehead atoms. The second-order valence-electron chi connectivity index (χ2n) is 11.3. The van der Waals surface area contributed by atoms with Gasteiger partial charge in [-0.3, -0.25) is 4.84 Å². The SMILES string of the molecule is [CH2]C1(C)COC2(CC(C)(C)N(OC(C)c3ccc(OCC4CO4)cc3)C(CC)(CC)C2)OC1. The van der Waals surface area contributed by atoms with Crippen molar-refractivity contribution in [2.75, 3.05) is 26.4 Å². The minimum Gasteiger partial charge on any atom is -0.491 e. The molecule has 2 atom stereocenters. The smallest absolute Gasteiger partial charge is 0.172 e. The molecule has 0 aromatic heterocycles. The standard InChI is InChI=1S/C27H42NO5/c1-8-26(9-2)17-27(31-18-24(4,5)19-32-27)16-25(6,7)28(26)33-20(3)21-10-12-22(13-11-21)29-14-23-15-30-23/h10-13,20,23H,4,8-9,14-19H2,1-3,5-7H3. The van der Waals surface area contributed by atoms with Gasteiger partial charge in [-0.25, -0.2) is 0 Å². The fraction of sp³-hybridized carbons (Fsp3) is 0.741. The van der Waals surface area contributed by atoms with Crippen LogP contribution in [0.1, 0.15) is 78.9 Å². The normalized spacial score (nSPS) is 28.4. The number of ether oxygens (including phenoxy) is 4. The Morgan fingerprint density at radius 2 is 1.67 bits per heavy atom. The van der Waals surface area contributed by atoms with Crippen molar-refractivity contribution in [3.63, 3.8) is 0 Å². The summed E-state index contributed by atoms with van der Waals surface area (Å²) in [6.07, 6.45) is 3.60. The van der Waals surface area contributed by atoms with Gasteiger partial charge in [0, 0.05) is 23.8 Å². The van der Waals surface area contributed by atoms with Gasteiger partial charge in [-0.2, -0.15) is 5.06 Å². The molecule has 6 nitrogen and oxygen atoms in total. The highest BCUT2D eigenvalue weighted by molar-refractivity contribution is 5.28. The lowest BCUT2D eigenvalue weighted by atomic mass is 9.72. The van der Waals surface area contributed by atoms with E-state index in [1.165, 1.54) is 0 Å². The molecule has 4 rings (SSSR count). The average molecular weight is 461 g/mol. The van der Waals surface area contributed by atoms with Gasteiger partial charge in [0.25, 0.3) is 0 Å². The summed E-state index contributed by atoms with van der Waals surface area (Å²) in [5.74, 6) is 0.280. The lowest BCUT2D eigenvalue weighted by Gasteiger charge is -2.61. The van der Waals surface area contributed by atoms with Crippen LogP contribution in [0.4, 0.5) is 0 Å². The third-order valence-corrected chi connectivity index (χ3v) is 7.42. The molecule has 0 N–H and O–H groups in total. The van der Waals surface area contributed by atoms with E-state index in [4.69, 9.17) is 23.8 Å².